The summed E-state index contributed by atoms with van der Waals surface area (Å²) in [6.07, 6.45) is -4.34. The van der Waals surface area contributed by atoms with Crippen molar-refractivity contribution in [1.29, 1.82) is 0 Å². The van der Waals surface area contributed by atoms with Gasteiger partial charge >= 0.3 is 6.18 Å². The lowest BCUT2D eigenvalue weighted by atomic mass is 10.1. The number of anilines is 1. The highest BCUT2D eigenvalue weighted by Gasteiger charge is 2.29. The Hall–Kier alpha value is -1.32. The fourth-order valence-electron chi connectivity index (χ4n) is 1.46. The van der Waals surface area contributed by atoms with Gasteiger partial charge in [0.1, 0.15) is 5.38 Å². The Morgan fingerprint density at radius 3 is 2.57 bits per heavy atom. The van der Waals surface area contributed by atoms with Crippen molar-refractivity contribution in [2.45, 2.75) is 28.6 Å². The molecule has 0 saturated carbocycles. The number of benzene rings is 1. The van der Waals surface area contributed by atoms with Crippen molar-refractivity contribution in [3.05, 3.63) is 35.4 Å². The first-order valence-corrected chi connectivity index (χ1v) is 8.57. The Bertz CT molecular complexity index is 674. The maximum Gasteiger partial charge on any atom is 0.416 e. The van der Waals surface area contributed by atoms with E-state index in [0.717, 1.165) is 17.7 Å². The number of nitrogens with zero attached hydrogens (tertiary/aromatic N) is 2. The summed E-state index contributed by atoms with van der Waals surface area (Å²) in [6.45, 7) is 1.54. The van der Waals surface area contributed by atoms with E-state index in [0.29, 0.717) is 15.2 Å². The van der Waals surface area contributed by atoms with Gasteiger partial charge in [-0.3, -0.25) is 10.1 Å². The van der Waals surface area contributed by atoms with Crippen LogP contribution in [0.1, 0.15) is 18.1 Å². The second kappa shape index (κ2) is 7.50. The van der Waals surface area contributed by atoms with E-state index in [-0.39, 0.29) is 5.91 Å². The zero-order chi connectivity index (χ0) is 17.0. The summed E-state index contributed by atoms with van der Waals surface area (Å²) in [5, 5.41) is 9.87. The average molecular weight is 382 g/mol. The number of alkyl halides is 4. The first kappa shape index (κ1) is 18.0. The van der Waals surface area contributed by atoms with Gasteiger partial charge in [0.25, 0.3) is 0 Å². The number of carbonyl (C=O) groups is 1. The third kappa shape index (κ3) is 5.36. The molecule has 0 aliphatic rings. The van der Waals surface area contributed by atoms with E-state index in [2.05, 4.69) is 15.5 Å². The average Bonchev–Trinajstić information content (AvgIpc) is 2.92. The molecular weight excluding hydrogens is 371 g/mol. The largest absolute Gasteiger partial charge is 0.416 e. The number of halogens is 4. The minimum Gasteiger partial charge on any atom is -0.299 e. The molecule has 0 spiro atoms. The summed E-state index contributed by atoms with van der Waals surface area (Å²) in [5.41, 5.74) is 0.0560. The molecule has 0 fully saturated rings. The van der Waals surface area contributed by atoms with Gasteiger partial charge in [0.2, 0.25) is 11.0 Å². The number of nitrogens with one attached hydrogen (secondary N) is 1. The number of rotatable bonds is 5. The highest BCUT2D eigenvalue weighted by Crippen LogP contribution is 2.31. The predicted molar refractivity (Wildman–Crippen MR) is 84.9 cm³/mol. The standard InChI is InChI=1S/C13H11ClF3N3OS2/c1-7(14)10(21)18-11-19-20-12(23-11)22-6-8-2-4-9(5-3-8)13(15,16)17/h2-5,7H,6H2,1H3,(H,18,19,21). The first-order valence-electron chi connectivity index (χ1n) is 6.33. The molecule has 10 heteroatoms. The number of amides is 1. The molecule has 1 N–H and O–H groups in total. The summed E-state index contributed by atoms with van der Waals surface area (Å²) >= 11 is 8.13. The summed E-state index contributed by atoms with van der Waals surface area (Å²) in [6, 6.07) is 4.94. The van der Waals surface area contributed by atoms with Gasteiger partial charge < -0.3 is 0 Å². The molecule has 0 aliphatic heterocycles. The van der Waals surface area contributed by atoms with Crippen LogP contribution in [0.25, 0.3) is 0 Å². The minimum absolute atomic E-state index is 0.331. The van der Waals surface area contributed by atoms with Crippen molar-refractivity contribution in [3.8, 4) is 0 Å². The van der Waals surface area contributed by atoms with Gasteiger partial charge in [0, 0.05) is 5.75 Å². The normalized spacial score (nSPS) is 12.9. The predicted octanol–water partition coefficient (Wildman–Crippen LogP) is 4.42. The molecule has 0 radical (unpaired) electrons. The van der Waals surface area contributed by atoms with E-state index in [4.69, 9.17) is 11.6 Å². The molecular formula is C13H11ClF3N3OS2. The second-order valence-electron chi connectivity index (χ2n) is 4.46. The molecule has 23 heavy (non-hydrogen) atoms. The van der Waals surface area contributed by atoms with Gasteiger partial charge in [-0.05, 0) is 24.6 Å². The van der Waals surface area contributed by atoms with Crippen LogP contribution in [0.3, 0.4) is 0 Å². The fourth-order valence-corrected chi connectivity index (χ4v) is 3.22. The molecule has 1 atom stereocenters. The molecule has 124 valence electrons. The Balaban J connectivity index is 1.91. The van der Waals surface area contributed by atoms with Crippen molar-refractivity contribution in [1.82, 2.24) is 10.2 Å². The van der Waals surface area contributed by atoms with Gasteiger partial charge in [-0.2, -0.15) is 13.2 Å². The third-order valence-electron chi connectivity index (χ3n) is 2.64. The monoisotopic (exact) mass is 381 g/mol. The smallest absolute Gasteiger partial charge is 0.299 e. The van der Waals surface area contributed by atoms with Gasteiger partial charge in [0.05, 0.1) is 5.56 Å². The van der Waals surface area contributed by atoms with Crippen molar-refractivity contribution in [2.24, 2.45) is 0 Å². The fraction of sp³-hybridized carbons (Fsp3) is 0.308. The van der Waals surface area contributed by atoms with E-state index >= 15 is 0 Å². The van der Waals surface area contributed by atoms with Crippen molar-refractivity contribution in [2.75, 3.05) is 5.32 Å². The molecule has 4 nitrogen and oxygen atoms in total. The maximum atomic E-state index is 12.5. The van der Waals surface area contributed by atoms with Crippen LogP contribution in [-0.2, 0) is 16.7 Å². The van der Waals surface area contributed by atoms with E-state index in [9.17, 15) is 18.0 Å². The number of aromatic nitrogens is 2. The van der Waals surface area contributed by atoms with Crippen molar-refractivity contribution >= 4 is 45.7 Å². The van der Waals surface area contributed by atoms with E-state index < -0.39 is 17.1 Å². The minimum atomic E-state index is -4.34. The van der Waals surface area contributed by atoms with Crippen LogP contribution >= 0.6 is 34.7 Å². The molecule has 1 aromatic carbocycles. The first-order chi connectivity index (χ1) is 10.8. The molecule has 1 amide bonds. The molecule has 0 aliphatic carbocycles. The number of hydrogen-bond donors (Lipinski definition) is 1. The lowest BCUT2D eigenvalue weighted by Crippen LogP contribution is -2.20. The quantitative estimate of drug-likeness (QED) is 0.473. The molecule has 1 unspecified atom stereocenters. The topological polar surface area (TPSA) is 54.9 Å². The maximum absolute atomic E-state index is 12.5. The number of carbonyl (C=O) groups excluding carboxylic acids is 1. The van der Waals surface area contributed by atoms with Gasteiger partial charge in [-0.15, -0.1) is 21.8 Å². The van der Waals surface area contributed by atoms with Crippen LogP contribution < -0.4 is 5.32 Å². The van der Waals surface area contributed by atoms with E-state index in [1.165, 1.54) is 42.2 Å². The van der Waals surface area contributed by atoms with E-state index in [1.807, 2.05) is 0 Å². The Morgan fingerprint density at radius 2 is 2.00 bits per heavy atom. The molecule has 2 aromatic rings. The van der Waals surface area contributed by atoms with Gasteiger partial charge in [-0.1, -0.05) is 35.2 Å². The summed E-state index contributed by atoms with van der Waals surface area (Å²) in [5.74, 6) is 0.0780. The summed E-state index contributed by atoms with van der Waals surface area (Å²) < 4.78 is 38.0. The van der Waals surface area contributed by atoms with Gasteiger partial charge in [0.15, 0.2) is 4.34 Å². The molecule has 2 rings (SSSR count). The highest BCUT2D eigenvalue weighted by atomic mass is 35.5. The molecule has 0 bridgehead atoms. The Labute approximate surface area is 143 Å². The van der Waals surface area contributed by atoms with Crippen LogP contribution in [0.2, 0.25) is 0 Å². The second-order valence-corrected chi connectivity index (χ2v) is 7.32. The number of thioether (sulfide) groups is 1. The Morgan fingerprint density at radius 1 is 1.35 bits per heavy atom. The van der Waals surface area contributed by atoms with Crippen LogP contribution in [0.4, 0.5) is 18.3 Å². The molecule has 1 aromatic heterocycles. The Kier molecular flexibility index (Phi) is 5.88. The lowest BCUT2D eigenvalue weighted by Gasteiger charge is -2.06. The SMILES string of the molecule is CC(Cl)C(=O)Nc1nnc(SCc2ccc(C(F)(F)F)cc2)s1. The van der Waals surface area contributed by atoms with Gasteiger partial charge in [-0.25, -0.2) is 0 Å². The third-order valence-corrected chi connectivity index (χ3v) is 4.88. The summed E-state index contributed by atoms with van der Waals surface area (Å²) in [4.78, 5) is 11.4. The van der Waals surface area contributed by atoms with Crippen LogP contribution in [-0.4, -0.2) is 21.5 Å². The lowest BCUT2D eigenvalue weighted by molar-refractivity contribution is -0.137. The van der Waals surface area contributed by atoms with Crippen molar-refractivity contribution in [3.63, 3.8) is 0 Å². The van der Waals surface area contributed by atoms with Crippen LogP contribution in [0.15, 0.2) is 28.6 Å². The van der Waals surface area contributed by atoms with Crippen molar-refractivity contribution < 1.29 is 18.0 Å². The van der Waals surface area contributed by atoms with Crippen LogP contribution in [0.5, 0.6) is 0 Å². The number of hydrogen-bond acceptors (Lipinski definition) is 5. The zero-order valence-electron chi connectivity index (χ0n) is 11.7. The molecule has 1 heterocycles. The summed E-state index contributed by atoms with van der Waals surface area (Å²) in [7, 11) is 0. The van der Waals surface area contributed by atoms with Crippen LogP contribution in [0, 0.1) is 0 Å². The molecule has 0 saturated heterocycles. The van der Waals surface area contributed by atoms with E-state index in [1.54, 1.807) is 0 Å². The highest BCUT2D eigenvalue weighted by molar-refractivity contribution is 8.00. The zero-order valence-corrected chi connectivity index (χ0v) is 14.1.